The van der Waals surface area contributed by atoms with Gasteiger partial charge in [-0.3, -0.25) is 0 Å². The first kappa shape index (κ1) is 10.3. The summed E-state index contributed by atoms with van der Waals surface area (Å²) >= 11 is 0. The largest absolute Gasteiger partial charge is 0.393 e. The van der Waals surface area contributed by atoms with Gasteiger partial charge in [-0.15, -0.1) is 0 Å². The van der Waals surface area contributed by atoms with Crippen LogP contribution in [0.1, 0.15) is 38.5 Å². The van der Waals surface area contributed by atoms with Crippen molar-refractivity contribution in [2.75, 3.05) is 0 Å². The van der Waals surface area contributed by atoms with Gasteiger partial charge >= 0.3 is 6.18 Å². The second-order valence-electron chi connectivity index (χ2n) is 4.48. The van der Waals surface area contributed by atoms with Crippen LogP contribution in [-0.4, -0.2) is 18.3 Å². The van der Waals surface area contributed by atoms with Gasteiger partial charge in [-0.25, -0.2) is 0 Å². The molecule has 0 unspecified atom stereocenters. The third-order valence-corrected chi connectivity index (χ3v) is 3.49. The summed E-state index contributed by atoms with van der Waals surface area (Å²) in [4.78, 5) is 0. The van der Waals surface area contributed by atoms with Gasteiger partial charge < -0.3 is 5.32 Å². The Morgan fingerprint density at radius 3 is 2.07 bits per heavy atom. The summed E-state index contributed by atoms with van der Waals surface area (Å²) < 4.78 is 37.6. The quantitative estimate of drug-likeness (QED) is 0.734. The Hall–Kier alpha value is -0.250. The molecular weight excluding hydrogens is 191 g/mol. The fourth-order valence-electron chi connectivity index (χ4n) is 2.43. The van der Waals surface area contributed by atoms with Crippen LogP contribution in [0, 0.1) is 5.92 Å². The first-order valence-electron chi connectivity index (χ1n) is 5.40. The van der Waals surface area contributed by atoms with Crippen molar-refractivity contribution in [3.63, 3.8) is 0 Å². The molecule has 0 bridgehead atoms. The van der Waals surface area contributed by atoms with Crippen molar-refractivity contribution in [3.05, 3.63) is 0 Å². The first-order valence-corrected chi connectivity index (χ1v) is 5.40. The van der Waals surface area contributed by atoms with E-state index >= 15 is 0 Å². The van der Waals surface area contributed by atoms with Crippen LogP contribution in [0.4, 0.5) is 13.2 Å². The number of halogens is 3. The number of hydrogen-bond donors (Lipinski definition) is 1. The monoisotopic (exact) mass is 207 g/mol. The molecule has 0 aliphatic heterocycles. The van der Waals surface area contributed by atoms with Gasteiger partial charge in [-0.05, 0) is 25.7 Å². The highest BCUT2D eigenvalue weighted by Gasteiger charge is 2.47. The molecule has 0 saturated heterocycles. The van der Waals surface area contributed by atoms with Crippen LogP contribution in [0.5, 0.6) is 0 Å². The molecule has 2 atom stereocenters. The standard InChI is InChI=1S/C10H16F3N/c11-10(12,13)8-5-2-6-9(8)14-7-3-1-4-7/h7-9,14H,1-6H2/t8-,9+/m1/s1. The van der Waals surface area contributed by atoms with Gasteiger partial charge in [-0.1, -0.05) is 12.8 Å². The lowest BCUT2D eigenvalue weighted by Gasteiger charge is -2.33. The minimum absolute atomic E-state index is 0.305. The molecule has 0 amide bonds. The van der Waals surface area contributed by atoms with Crippen molar-refractivity contribution in [1.82, 2.24) is 5.32 Å². The maximum atomic E-state index is 12.5. The smallest absolute Gasteiger partial charge is 0.311 e. The number of rotatable bonds is 2. The molecule has 0 spiro atoms. The molecule has 2 aliphatic carbocycles. The van der Waals surface area contributed by atoms with Crippen LogP contribution in [0.15, 0.2) is 0 Å². The molecule has 4 heteroatoms. The second-order valence-corrected chi connectivity index (χ2v) is 4.48. The highest BCUT2D eigenvalue weighted by Crippen LogP contribution is 2.39. The molecule has 1 N–H and O–H groups in total. The highest BCUT2D eigenvalue weighted by molar-refractivity contribution is 4.91. The Labute approximate surface area is 82.1 Å². The molecular formula is C10H16F3N. The van der Waals surface area contributed by atoms with E-state index < -0.39 is 12.1 Å². The molecule has 0 radical (unpaired) electrons. The van der Waals surface area contributed by atoms with Crippen LogP contribution in [0.2, 0.25) is 0 Å². The third kappa shape index (κ3) is 2.05. The Kier molecular flexibility index (Phi) is 2.73. The van der Waals surface area contributed by atoms with Gasteiger partial charge in [-0.2, -0.15) is 13.2 Å². The molecule has 2 rings (SSSR count). The van der Waals surface area contributed by atoms with E-state index in [1.165, 1.54) is 6.42 Å². The van der Waals surface area contributed by atoms with E-state index in [0.29, 0.717) is 25.3 Å². The maximum Gasteiger partial charge on any atom is 0.393 e. The summed E-state index contributed by atoms with van der Waals surface area (Å²) in [5.41, 5.74) is 0. The number of alkyl halides is 3. The molecule has 14 heavy (non-hydrogen) atoms. The van der Waals surface area contributed by atoms with E-state index in [0.717, 1.165) is 12.8 Å². The van der Waals surface area contributed by atoms with Crippen molar-refractivity contribution < 1.29 is 13.2 Å². The van der Waals surface area contributed by atoms with Gasteiger partial charge in [0.1, 0.15) is 0 Å². The predicted molar refractivity (Wildman–Crippen MR) is 48.0 cm³/mol. The van der Waals surface area contributed by atoms with Crippen molar-refractivity contribution in [2.24, 2.45) is 5.92 Å². The summed E-state index contributed by atoms with van der Waals surface area (Å²) in [6.07, 6.45) is 1.00. The van der Waals surface area contributed by atoms with Gasteiger partial charge in [0, 0.05) is 12.1 Å². The van der Waals surface area contributed by atoms with Crippen molar-refractivity contribution in [3.8, 4) is 0 Å². The fraction of sp³-hybridized carbons (Fsp3) is 1.00. The minimum Gasteiger partial charge on any atom is -0.311 e. The predicted octanol–water partition coefficient (Wildman–Crippen LogP) is 2.86. The van der Waals surface area contributed by atoms with Crippen molar-refractivity contribution in [1.29, 1.82) is 0 Å². The fourth-order valence-corrected chi connectivity index (χ4v) is 2.43. The third-order valence-electron chi connectivity index (χ3n) is 3.49. The highest BCUT2D eigenvalue weighted by atomic mass is 19.4. The van der Waals surface area contributed by atoms with Crippen molar-refractivity contribution in [2.45, 2.75) is 56.8 Å². The Morgan fingerprint density at radius 2 is 1.57 bits per heavy atom. The first-order chi connectivity index (χ1) is 6.57. The molecule has 2 aliphatic rings. The van der Waals surface area contributed by atoms with Crippen LogP contribution >= 0.6 is 0 Å². The summed E-state index contributed by atoms with van der Waals surface area (Å²) in [5, 5.41) is 3.15. The van der Waals surface area contributed by atoms with Crippen molar-refractivity contribution >= 4 is 0 Å². The zero-order valence-electron chi connectivity index (χ0n) is 8.11. The van der Waals surface area contributed by atoms with E-state index in [1.807, 2.05) is 0 Å². The Balaban J connectivity index is 1.89. The van der Waals surface area contributed by atoms with E-state index in [-0.39, 0.29) is 6.04 Å². The van der Waals surface area contributed by atoms with E-state index in [4.69, 9.17) is 0 Å². The Bertz CT molecular complexity index is 198. The van der Waals surface area contributed by atoms with E-state index in [9.17, 15) is 13.2 Å². The van der Waals surface area contributed by atoms with Crippen LogP contribution in [0.3, 0.4) is 0 Å². The molecule has 1 nitrogen and oxygen atoms in total. The lowest BCUT2D eigenvalue weighted by atomic mass is 9.91. The van der Waals surface area contributed by atoms with Crippen LogP contribution in [0.25, 0.3) is 0 Å². The minimum atomic E-state index is -4.00. The SMILES string of the molecule is FC(F)(F)[C@@H]1CCC[C@@H]1NC1CCC1. The maximum absolute atomic E-state index is 12.5. The summed E-state index contributed by atoms with van der Waals surface area (Å²) in [5.74, 6) is -1.09. The molecule has 82 valence electrons. The molecule has 0 heterocycles. The van der Waals surface area contributed by atoms with Gasteiger partial charge in [0.05, 0.1) is 5.92 Å². The molecule has 0 aromatic carbocycles. The van der Waals surface area contributed by atoms with Gasteiger partial charge in [0.15, 0.2) is 0 Å². The zero-order chi connectivity index (χ0) is 10.2. The molecule has 2 saturated carbocycles. The lowest BCUT2D eigenvalue weighted by Crippen LogP contribution is -2.47. The second kappa shape index (κ2) is 3.72. The molecule has 2 fully saturated rings. The van der Waals surface area contributed by atoms with Gasteiger partial charge in [0.2, 0.25) is 0 Å². The van der Waals surface area contributed by atoms with E-state index in [2.05, 4.69) is 5.32 Å². The molecule has 0 aromatic heterocycles. The Morgan fingerprint density at radius 1 is 0.929 bits per heavy atom. The van der Waals surface area contributed by atoms with E-state index in [1.54, 1.807) is 0 Å². The molecule has 0 aromatic rings. The number of nitrogens with one attached hydrogen (secondary N) is 1. The zero-order valence-corrected chi connectivity index (χ0v) is 8.11. The summed E-state index contributed by atoms with van der Waals surface area (Å²) in [6, 6.07) is 0.0586. The number of hydrogen-bond acceptors (Lipinski definition) is 1. The van der Waals surface area contributed by atoms with Crippen LogP contribution in [-0.2, 0) is 0 Å². The van der Waals surface area contributed by atoms with Crippen LogP contribution < -0.4 is 5.32 Å². The normalized spacial score (nSPS) is 34.5. The average molecular weight is 207 g/mol. The lowest BCUT2D eigenvalue weighted by molar-refractivity contribution is -0.178. The summed E-state index contributed by atoms with van der Waals surface area (Å²) in [6.45, 7) is 0. The average Bonchev–Trinajstić information content (AvgIpc) is 2.42. The summed E-state index contributed by atoms with van der Waals surface area (Å²) in [7, 11) is 0. The topological polar surface area (TPSA) is 12.0 Å². The van der Waals surface area contributed by atoms with Gasteiger partial charge in [0.25, 0.3) is 0 Å².